The summed E-state index contributed by atoms with van der Waals surface area (Å²) in [5, 5.41) is 0. The highest BCUT2D eigenvalue weighted by Crippen LogP contribution is 2.17. The van der Waals surface area contributed by atoms with Gasteiger partial charge in [-0.3, -0.25) is 0 Å². The summed E-state index contributed by atoms with van der Waals surface area (Å²) in [5.41, 5.74) is -0.0864. The summed E-state index contributed by atoms with van der Waals surface area (Å²) >= 11 is 0. The van der Waals surface area contributed by atoms with Gasteiger partial charge in [-0.2, -0.15) is 0 Å². The zero-order chi connectivity index (χ0) is 27.3. The number of fused-ring (bicyclic) bond motifs is 2. The monoisotopic (exact) mass is 536 g/mol. The summed E-state index contributed by atoms with van der Waals surface area (Å²) in [6, 6.07) is 0. The highest BCUT2D eigenvalue weighted by molar-refractivity contribution is 6.03. The van der Waals surface area contributed by atoms with Crippen LogP contribution in [0.5, 0.6) is 0 Å². The zero-order valence-electron chi connectivity index (χ0n) is 21.4. The maximum Gasteiger partial charge on any atom is 0.342 e. The van der Waals surface area contributed by atoms with Crippen LogP contribution >= 0.6 is 0 Å². The number of hydrogen-bond donors (Lipinski definition) is 0. The fraction of sp³-hybridized carbons (Fsp3) is 0.538. The Hall–Kier alpha value is -3.64. The van der Waals surface area contributed by atoms with Gasteiger partial charge in [0.2, 0.25) is 0 Å². The quantitative estimate of drug-likeness (QED) is 0.357. The molecule has 0 N–H and O–H groups in total. The van der Waals surface area contributed by atoms with E-state index in [4.69, 9.17) is 37.3 Å². The van der Waals surface area contributed by atoms with Crippen LogP contribution in [0.3, 0.4) is 0 Å². The van der Waals surface area contributed by atoms with Crippen LogP contribution in [0.15, 0.2) is 33.9 Å². The normalized spacial score (nSPS) is 22.3. The molecule has 0 aromatic carbocycles. The average Bonchev–Trinajstić information content (AvgIpc) is 3.57. The molecule has 0 spiro atoms. The second kappa shape index (κ2) is 14.9. The number of ether oxygens (including phenoxy) is 6. The van der Waals surface area contributed by atoms with Crippen LogP contribution in [0.25, 0.3) is 0 Å². The number of hydrogen-bond acceptors (Lipinski definition) is 12. The maximum atomic E-state index is 12.5. The molecule has 1 aliphatic heterocycles. The smallest absolute Gasteiger partial charge is 0.342 e. The van der Waals surface area contributed by atoms with E-state index >= 15 is 0 Å². The molecular weight excluding hydrogens is 504 g/mol. The first-order valence-electron chi connectivity index (χ1n) is 12.4. The summed E-state index contributed by atoms with van der Waals surface area (Å²) in [5.74, 6) is -2.82. The predicted octanol–water partition coefficient (Wildman–Crippen LogP) is 3.58. The molecule has 208 valence electrons. The Bertz CT molecular complexity index is 989. The lowest BCUT2D eigenvalue weighted by Crippen LogP contribution is -2.21. The van der Waals surface area contributed by atoms with E-state index in [2.05, 4.69) is 0 Å². The summed E-state index contributed by atoms with van der Waals surface area (Å²) in [7, 11) is 0. The van der Waals surface area contributed by atoms with E-state index in [0.29, 0.717) is 52.1 Å². The fourth-order valence-electron chi connectivity index (χ4n) is 3.35. The number of carbonyl (C=O) groups excluding carboxylic acids is 4. The molecule has 2 unspecified atom stereocenters. The number of cyclic esters (lactones) is 4. The van der Waals surface area contributed by atoms with Crippen LogP contribution in [0.2, 0.25) is 0 Å². The third-order valence-electron chi connectivity index (χ3n) is 5.49. The van der Waals surface area contributed by atoms with E-state index in [1.807, 2.05) is 0 Å². The van der Waals surface area contributed by atoms with Gasteiger partial charge >= 0.3 is 23.9 Å². The summed E-state index contributed by atoms with van der Waals surface area (Å²) in [6.45, 7) is 4.71. The third-order valence-corrected chi connectivity index (χ3v) is 5.49. The van der Waals surface area contributed by atoms with E-state index < -0.39 is 36.1 Å². The maximum absolute atomic E-state index is 12.5. The van der Waals surface area contributed by atoms with Crippen molar-refractivity contribution in [2.75, 3.05) is 39.6 Å². The van der Waals surface area contributed by atoms with Gasteiger partial charge in [0.05, 0.1) is 26.4 Å². The van der Waals surface area contributed by atoms with Crippen molar-refractivity contribution in [3.05, 3.63) is 47.3 Å². The largest absolute Gasteiger partial charge is 0.471 e. The zero-order valence-corrected chi connectivity index (χ0v) is 21.4. The molecule has 0 aliphatic carbocycles. The molecule has 0 saturated heterocycles. The van der Waals surface area contributed by atoms with Crippen LogP contribution in [0.4, 0.5) is 0 Å². The number of rotatable bonds is 0. The van der Waals surface area contributed by atoms with Gasteiger partial charge in [-0.25, -0.2) is 19.2 Å². The Kier molecular flexibility index (Phi) is 11.4. The topological polar surface area (TPSA) is 150 Å². The predicted molar refractivity (Wildman–Crippen MR) is 128 cm³/mol. The van der Waals surface area contributed by atoms with E-state index in [1.165, 1.54) is 0 Å². The minimum atomic E-state index is -0.707. The molecular formula is C26H32O12. The van der Waals surface area contributed by atoms with Crippen molar-refractivity contribution in [1.29, 1.82) is 0 Å². The van der Waals surface area contributed by atoms with E-state index in [9.17, 15) is 19.2 Å². The SMILES string of the molecule is CC1CCOCCCOC(=O)c2cocc2C(=O)OCCCOCCC(C)OC(=O)c2cocc2C(=O)O1. The molecule has 2 aromatic rings. The second-order valence-corrected chi connectivity index (χ2v) is 8.61. The molecule has 0 saturated carbocycles. The minimum Gasteiger partial charge on any atom is -0.471 e. The highest BCUT2D eigenvalue weighted by atomic mass is 16.6. The molecule has 3 heterocycles. The van der Waals surface area contributed by atoms with Crippen LogP contribution in [-0.2, 0) is 28.4 Å². The molecule has 0 amide bonds. The van der Waals surface area contributed by atoms with Gasteiger partial charge in [-0.15, -0.1) is 0 Å². The lowest BCUT2D eigenvalue weighted by Gasteiger charge is -2.15. The van der Waals surface area contributed by atoms with Crippen LogP contribution < -0.4 is 0 Å². The van der Waals surface area contributed by atoms with Gasteiger partial charge < -0.3 is 37.3 Å². The van der Waals surface area contributed by atoms with Crippen molar-refractivity contribution in [3.63, 3.8) is 0 Å². The first kappa shape index (κ1) is 28.9. The number of carbonyl (C=O) groups is 4. The molecule has 12 nitrogen and oxygen atoms in total. The summed E-state index contributed by atoms with van der Waals surface area (Å²) < 4.78 is 42.2. The Morgan fingerprint density at radius 2 is 0.895 bits per heavy atom. The molecule has 0 radical (unpaired) electrons. The Morgan fingerprint density at radius 3 is 1.29 bits per heavy atom. The number of esters is 4. The Balaban J connectivity index is 1.57. The Labute approximate surface area is 219 Å². The molecule has 3 rings (SSSR count). The molecule has 12 heteroatoms. The molecule has 2 aromatic heterocycles. The van der Waals surface area contributed by atoms with Crippen LogP contribution in [0.1, 0.15) is 81.0 Å². The van der Waals surface area contributed by atoms with Crippen molar-refractivity contribution in [2.24, 2.45) is 0 Å². The first-order chi connectivity index (χ1) is 18.4. The van der Waals surface area contributed by atoms with Crippen LogP contribution in [-0.4, -0.2) is 75.7 Å². The molecule has 0 bridgehead atoms. The average molecular weight is 537 g/mol. The summed E-state index contributed by atoms with van der Waals surface area (Å²) in [6.07, 6.45) is 5.21. The molecule has 1 aliphatic rings. The third kappa shape index (κ3) is 8.73. The van der Waals surface area contributed by atoms with Crippen molar-refractivity contribution in [3.8, 4) is 0 Å². The van der Waals surface area contributed by atoms with Gasteiger partial charge in [0.15, 0.2) is 0 Å². The van der Waals surface area contributed by atoms with Crippen molar-refractivity contribution in [1.82, 2.24) is 0 Å². The standard InChI is InChI=1S/C26H32O12/c1-17-5-11-31-7-3-9-35-23(27)19-13-33-14-20(19)24(28)36-10-4-8-32-12-6-18(2)38-26(30)22-16-34-15-21(22)25(29)37-17/h13-18H,3-12H2,1-2H3. The van der Waals surface area contributed by atoms with Crippen LogP contribution in [0, 0.1) is 0 Å². The minimum absolute atomic E-state index is 0.0198. The van der Waals surface area contributed by atoms with Gasteiger partial charge in [0, 0.05) is 38.9 Å². The van der Waals surface area contributed by atoms with E-state index in [1.54, 1.807) is 13.8 Å². The van der Waals surface area contributed by atoms with Gasteiger partial charge in [-0.05, 0) is 13.8 Å². The van der Waals surface area contributed by atoms with E-state index in [0.717, 1.165) is 25.1 Å². The van der Waals surface area contributed by atoms with E-state index in [-0.39, 0.29) is 35.5 Å². The second-order valence-electron chi connectivity index (χ2n) is 8.61. The molecule has 0 fully saturated rings. The first-order valence-corrected chi connectivity index (χ1v) is 12.4. The van der Waals surface area contributed by atoms with Gasteiger partial charge in [0.1, 0.15) is 59.5 Å². The van der Waals surface area contributed by atoms with Crippen molar-refractivity contribution >= 4 is 23.9 Å². The molecule has 2 atom stereocenters. The van der Waals surface area contributed by atoms with Gasteiger partial charge in [0.25, 0.3) is 0 Å². The Morgan fingerprint density at radius 1 is 0.526 bits per heavy atom. The van der Waals surface area contributed by atoms with Gasteiger partial charge in [-0.1, -0.05) is 0 Å². The van der Waals surface area contributed by atoms with Crippen molar-refractivity contribution in [2.45, 2.75) is 51.7 Å². The fourth-order valence-corrected chi connectivity index (χ4v) is 3.35. The van der Waals surface area contributed by atoms with Crippen molar-refractivity contribution < 1.29 is 56.4 Å². The molecule has 38 heavy (non-hydrogen) atoms. The highest BCUT2D eigenvalue weighted by Gasteiger charge is 2.25. The number of furan rings is 2. The lowest BCUT2D eigenvalue weighted by atomic mass is 10.2. The summed E-state index contributed by atoms with van der Waals surface area (Å²) in [4.78, 5) is 49.7. The lowest BCUT2D eigenvalue weighted by molar-refractivity contribution is 0.0166.